The van der Waals surface area contributed by atoms with Gasteiger partial charge in [0.2, 0.25) is 0 Å². The Bertz CT molecular complexity index is 1270. The molecule has 2 unspecified atom stereocenters. The smallest absolute Gasteiger partial charge is 0.146 e. The molecule has 0 saturated heterocycles. The summed E-state index contributed by atoms with van der Waals surface area (Å²) in [6.45, 7) is 4.36. The molecule has 0 aliphatic carbocycles. The highest BCUT2D eigenvalue weighted by Gasteiger charge is 2.50. The van der Waals surface area contributed by atoms with Crippen LogP contribution in [0.5, 0.6) is 0 Å². The Balaban J connectivity index is 1.76. The van der Waals surface area contributed by atoms with Gasteiger partial charge in [-0.15, -0.1) is 0 Å². The molecule has 1 aliphatic rings. The van der Waals surface area contributed by atoms with Crippen LogP contribution in [0.2, 0.25) is 0 Å². The van der Waals surface area contributed by atoms with Crippen molar-refractivity contribution in [3.05, 3.63) is 132 Å². The summed E-state index contributed by atoms with van der Waals surface area (Å²) in [5, 5.41) is 0. The van der Waals surface area contributed by atoms with Crippen molar-refractivity contribution < 1.29 is 0 Å². The molecule has 1 heterocycles. The number of para-hydroxylation sites is 2. The molecule has 5 rings (SSSR count). The van der Waals surface area contributed by atoms with E-state index in [9.17, 15) is 0 Å². The van der Waals surface area contributed by atoms with Crippen LogP contribution in [-0.4, -0.2) is 17.6 Å². The van der Waals surface area contributed by atoms with Gasteiger partial charge >= 0.3 is 0 Å². The van der Waals surface area contributed by atoms with Crippen LogP contribution in [0.15, 0.2) is 131 Å². The average Bonchev–Trinajstić information content (AvgIpc) is 3.20. The van der Waals surface area contributed by atoms with E-state index in [-0.39, 0.29) is 6.04 Å². The number of hydrogen-bond donors (Lipinski definition) is 0. The maximum Gasteiger partial charge on any atom is 0.146 e. The highest BCUT2D eigenvalue weighted by Crippen LogP contribution is 2.43. The Labute approximate surface area is 195 Å². The molecule has 33 heavy (non-hydrogen) atoms. The van der Waals surface area contributed by atoms with Crippen LogP contribution in [0.3, 0.4) is 0 Å². The fourth-order valence-electron chi connectivity index (χ4n) is 4.78. The van der Waals surface area contributed by atoms with Gasteiger partial charge in [0.05, 0.1) is 11.7 Å². The predicted molar refractivity (Wildman–Crippen MR) is 139 cm³/mol. The molecule has 0 spiro atoms. The van der Waals surface area contributed by atoms with Gasteiger partial charge in [0, 0.05) is 17.0 Å². The molecule has 0 bridgehead atoms. The Kier molecular flexibility index (Phi) is 5.62. The van der Waals surface area contributed by atoms with Gasteiger partial charge in [0.25, 0.3) is 0 Å². The Hall–Kier alpha value is -3.98. The summed E-state index contributed by atoms with van der Waals surface area (Å²) in [5.74, 6) is 0.959. The zero-order valence-corrected chi connectivity index (χ0v) is 19.0. The van der Waals surface area contributed by atoms with Crippen molar-refractivity contribution in [2.24, 2.45) is 9.98 Å². The zero-order valence-electron chi connectivity index (χ0n) is 19.0. The first kappa shape index (κ1) is 20.9. The van der Waals surface area contributed by atoms with Crippen LogP contribution in [0.25, 0.3) is 0 Å². The second kappa shape index (κ2) is 8.87. The molecule has 4 aromatic carbocycles. The second-order valence-corrected chi connectivity index (χ2v) is 8.35. The third-order valence-corrected chi connectivity index (χ3v) is 6.39. The minimum absolute atomic E-state index is 0.0185. The lowest BCUT2D eigenvalue weighted by atomic mass is 9.80. The predicted octanol–water partition coefficient (Wildman–Crippen LogP) is 7.03. The van der Waals surface area contributed by atoms with Crippen LogP contribution in [0.1, 0.15) is 25.0 Å². The largest absolute Gasteiger partial charge is 0.320 e. The number of rotatable bonds is 5. The van der Waals surface area contributed by atoms with E-state index in [0.717, 1.165) is 34.0 Å². The molecule has 0 amide bonds. The highest BCUT2D eigenvalue weighted by atomic mass is 15.3. The van der Waals surface area contributed by atoms with Crippen molar-refractivity contribution in [2.45, 2.75) is 25.4 Å². The number of benzene rings is 4. The van der Waals surface area contributed by atoms with Crippen LogP contribution >= 0.6 is 0 Å². The first-order valence-corrected chi connectivity index (χ1v) is 11.4. The summed E-state index contributed by atoms with van der Waals surface area (Å²) in [7, 11) is 0. The minimum atomic E-state index is -0.627. The van der Waals surface area contributed by atoms with E-state index in [1.54, 1.807) is 0 Å². The number of aliphatic imine (C=N–C) groups is 2. The first-order chi connectivity index (χ1) is 16.2. The highest BCUT2D eigenvalue weighted by molar-refractivity contribution is 6.15. The monoisotopic (exact) mass is 429 g/mol. The van der Waals surface area contributed by atoms with E-state index in [4.69, 9.17) is 9.98 Å². The molecule has 4 aromatic rings. The number of anilines is 1. The van der Waals surface area contributed by atoms with Crippen molar-refractivity contribution in [1.82, 2.24) is 0 Å². The first-order valence-electron chi connectivity index (χ1n) is 11.4. The summed E-state index contributed by atoms with van der Waals surface area (Å²) >= 11 is 0. The van der Waals surface area contributed by atoms with Crippen molar-refractivity contribution in [3.63, 3.8) is 0 Å². The average molecular weight is 430 g/mol. The molecule has 3 nitrogen and oxygen atoms in total. The van der Waals surface area contributed by atoms with Gasteiger partial charge in [0.15, 0.2) is 0 Å². The quantitative estimate of drug-likeness (QED) is 0.313. The van der Waals surface area contributed by atoms with E-state index in [1.807, 2.05) is 36.4 Å². The molecule has 0 fully saturated rings. The lowest BCUT2D eigenvalue weighted by molar-refractivity contribution is 0.528. The molecule has 1 aliphatic heterocycles. The van der Waals surface area contributed by atoms with Crippen molar-refractivity contribution in [1.29, 1.82) is 0 Å². The third-order valence-electron chi connectivity index (χ3n) is 6.39. The van der Waals surface area contributed by atoms with Gasteiger partial charge in [-0.1, -0.05) is 97.1 Å². The summed E-state index contributed by atoms with van der Waals surface area (Å²) in [6.07, 6.45) is 0. The van der Waals surface area contributed by atoms with Gasteiger partial charge in [-0.3, -0.25) is 4.99 Å². The van der Waals surface area contributed by atoms with Crippen molar-refractivity contribution in [2.75, 3.05) is 4.90 Å². The van der Waals surface area contributed by atoms with Crippen LogP contribution < -0.4 is 4.90 Å². The maximum absolute atomic E-state index is 5.51. The molecule has 0 radical (unpaired) electrons. The van der Waals surface area contributed by atoms with Gasteiger partial charge in [0.1, 0.15) is 11.4 Å². The molecule has 162 valence electrons. The molecular formula is C30H27N3. The standard InChI is InChI=1S/C30H27N3/c1-23(31-27-19-11-5-12-20-27)30(26-17-9-4-10-18-26)24(2)33(28-21-13-6-14-22-28)29(32-30)25-15-7-3-8-16-25/h3-22,24H,1-2H3/b31-23+. The fourth-order valence-corrected chi connectivity index (χ4v) is 4.78. The van der Waals surface area contributed by atoms with Gasteiger partial charge < -0.3 is 4.90 Å². The number of amidine groups is 1. The van der Waals surface area contributed by atoms with Crippen LogP contribution in [0, 0.1) is 0 Å². The van der Waals surface area contributed by atoms with Gasteiger partial charge in [-0.25, -0.2) is 4.99 Å². The fraction of sp³-hybridized carbons (Fsp3) is 0.133. The topological polar surface area (TPSA) is 28.0 Å². The molecule has 0 saturated carbocycles. The summed E-state index contributed by atoms with van der Waals surface area (Å²) in [4.78, 5) is 12.9. The Morgan fingerprint density at radius 3 is 1.85 bits per heavy atom. The van der Waals surface area contributed by atoms with Crippen molar-refractivity contribution in [3.8, 4) is 0 Å². The zero-order chi connectivity index (χ0) is 22.7. The Morgan fingerprint density at radius 2 is 1.24 bits per heavy atom. The minimum Gasteiger partial charge on any atom is -0.320 e. The van der Waals surface area contributed by atoms with Gasteiger partial charge in [-0.05, 0) is 43.7 Å². The molecule has 3 heteroatoms. The molecule has 0 aromatic heterocycles. The summed E-state index contributed by atoms with van der Waals surface area (Å²) in [6, 6.07) is 41.7. The van der Waals surface area contributed by atoms with E-state index in [2.05, 4.69) is 104 Å². The van der Waals surface area contributed by atoms with E-state index in [0.29, 0.717) is 0 Å². The summed E-state index contributed by atoms with van der Waals surface area (Å²) in [5.41, 5.74) is 4.64. The Morgan fingerprint density at radius 1 is 0.727 bits per heavy atom. The van der Waals surface area contributed by atoms with E-state index in [1.165, 1.54) is 0 Å². The van der Waals surface area contributed by atoms with E-state index < -0.39 is 5.54 Å². The number of hydrogen-bond acceptors (Lipinski definition) is 3. The molecule has 2 atom stereocenters. The van der Waals surface area contributed by atoms with Gasteiger partial charge in [-0.2, -0.15) is 0 Å². The lowest BCUT2D eigenvalue weighted by Gasteiger charge is -2.36. The number of nitrogens with zero attached hydrogens (tertiary/aromatic N) is 3. The maximum atomic E-state index is 5.51. The SMILES string of the molecule is C/C(=N\c1ccccc1)C1(c2ccccc2)N=C(c2ccccc2)N(c2ccccc2)C1C. The second-order valence-electron chi connectivity index (χ2n) is 8.35. The molecular weight excluding hydrogens is 402 g/mol. The normalized spacial score (nSPS) is 20.5. The lowest BCUT2D eigenvalue weighted by Crippen LogP contribution is -2.47. The van der Waals surface area contributed by atoms with Crippen LogP contribution in [-0.2, 0) is 5.54 Å². The van der Waals surface area contributed by atoms with Crippen LogP contribution in [0.4, 0.5) is 11.4 Å². The van der Waals surface area contributed by atoms with Crippen molar-refractivity contribution >= 4 is 22.9 Å². The third kappa shape index (κ3) is 3.76. The summed E-state index contributed by atoms with van der Waals surface area (Å²) < 4.78 is 0. The molecule has 0 N–H and O–H groups in total. The van der Waals surface area contributed by atoms with E-state index >= 15 is 0 Å².